The van der Waals surface area contributed by atoms with E-state index in [0.717, 1.165) is 36.4 Å². The Morgan fingerprint density at radius 1 is 1.14 bits per heavy atom. The monoisotopic (exact) mass is 494 g/mol. The van der Waals surface area contributed by atoms with Crippen molar-refractivity contribution >= 4 is 44.3 Å². The van der Waals surface area contributed by atoms with Crippen LogP contribution in [0.25, 0.3) is 21.3 Å². The van der Waals surface area contributed by atoms with Gasteiger partial charge in [-0.1, -0.05) is 48.1 Å². The number of amides is 1. The third-order valence-electron chi connectivity index (χ3n) is 6.44. The number of piperazine rings is 1. The van der Waals surface area contributed by atoms with Crippen molar-refractivity contribution in [3.63, 3.8) is 0 Å². The Morgan fingerprint density at radius 3 is 2.86 bits per heavy atom. The molecule has 1 saturated heterocycles. The number of aromatic amines is 1. The van der Waals surface area contributed by atoms with Crippen LogP contribution in [0.15, 0.2) is 36.7 Å². The number of thiophene rings is 1. The maximum atomic E-state index is 12.8. The third kappa shape index (κ3) is 5.37. The second-order valence-electron chi connectivity index (χ2n) is 8.89. The molecule has 1 aliphatic heterocycles. The number of nitrogens with zero attached hydrogens (tertiary/aromatic N) is 6. The molecule has 0 radical (unpaired) electrons. The Morgan fingerprint density at radius 2 is 2.00 bits per heavy atom. The summed E-state index contributed by atoms with van der Waals surface area (Å²) in [5, 5.41) is 9.29. The van der Waals surface area contributed by atoms with Crippen molar-refractivity contribution < 1.29 is 14.6 Å². The van der Waals surface area contributed by atoms with Gasteiger partial charge in [-0.15, -0.1) is 5.10 Å². The highest BCUT2D eigenvalue weighted by Gasteiger charge is 2.26. The van der Waals surface area contributed by atoms with Crippen molar-refractivity contribution in [1.82, 2.24) is 25.0 Å². The molecule has 1 aromatic carbocycles. The molecule has 5 rings (SSSR count). The molecule has 4 aromatic rings. The van der Waals surface area contributed by atoms with E-state index in [-0.39, 0.29) is 5.91 Å². The number of rotatable bonds is 10. The van der Waals surface area contributed by atoms with E-state index in [4.69, 9.17) is 4.84 Å². The molecule has 0 atom stereocenters. The van der Waals surface area contributed by atoms with Gasteiger partial charge in [0.15, 0.2) is 4.83 Å². The average Bonchev–Trinajstić information content (AvgIpc) is 3.50. The van der Waals surface area contributed by atoms with Gasteiger partial charge in [0.25, 0.3) is 12.1 Å². The second-order valence-corrected chi connectivity index (χ2v) is 10.0. The lowest BCUT2D eigenvalue weighted by Crippen LogP contribution is -2.49. The van der Waals surface area contributed by atoms with Crippen molar-refractivity contribution in [3.05, 3.63) is 41.5 Å². The summed E-state index contributed by atoms with van der Waals surface area (Å²) >= 11 is 1.83. The molecule has 184 valence electrons. The molecule has 0 saturated carbocycles. The quantitative estimate of drug-likeness (QED) is 0.315. The van der Waals surface area contributed by atoms with Gasteiger partial charge < -0.3 is 14.6 Å². The Bertz CT molecular complexity index is 1280. The van der Waals surface area contributed by atoms with Crippen LogP contribution in [0.1, 0.15) is 43.9 Å². The van der Waals surface area contributed by atoms with E-state index in [9.17, 15) is 4.79 Å². The van der Waals surface area contributed by atoms with E-state index >= 15 is 0 Å². The molecule has 10 heteroatoms. The van der Waals surface area contributed by atoms with Crippen LogP contribution in [0.4, 0.5) is 5.82 Å². The summed E-state index contributed by atoms with van der Waals surface area (Å²) in [5.74, 6) is 1.20. The Hall–Kier alpha value is -3.27. The first-order chi connectivity index (χ1) is 17.2. The predicted molar refractivity (Wildman–Crippen MR) is 136 cm³/mol. The largest absolute Gasteiger partial charge is 0.395 e. The van der Waals surface area contributed by atoms with Gasteiger partial charge in [-0.3, -0.25) is 4.79 Å². The Kier molecular flexibility index (Phi) is 7.37. The summed E-state index contributed by atoms with van der Waals surface area (Å²) in [5.41, 5.74) is 1.62. The van der Waals surface area contributed by atoms with E-state index in [2.05, 4.69) is 38.2 Å². The number of para-hydroxylation sites is 1. The minimum Gasteiger partial charge on any atom is -0.395 e. The number of hydrogen-bond donors (Lipinski definition) is 0. The molecule has 1 N–H and O–H groups in total. The molecule has 9 nitrogen and oxygen atoms in total. The van der Waals surface area contributed by atoms with Crippen molar-refractivity contribution in [2.75, 3.05) is 37.7 Å². The number of anilines is 1. The SMILES string of the molecule is CCCCCc1cc2c(N3CCN(C(=O)CCCOn4nnc5ccccc54)CC3)nc[nH+]c2s1. The molecule has 1 fully saturated rings. The van der Waals surface area contributed by atoms with Crippen LogP contribution >= 0.6 is 11.3 Å². The number of fused-ring (bicyclic) bond motifs is 2. The Balaban J connectivity index is 1.10. The molecule has 4 heterocycles. The van der Waals surface area contributed by atoms with E-state index in [1.165, 1.54) is 39.2 Å². The summed E-state index contributed by atoms with van der Waals surface area (Å²) in [6, 6.07) is 9.94. The molecule has 35 heavy (non-hydrogen) atoms. The van der Waals surface area contributed by atoms with E-state index in [0.29, 0.717) is 32.5 Å². The molecule has 0 aliphatic carbocycles. The van der Waals surface area contributed by atoms with Crippen LogP contribution in [-0.4, -0.2) is 63.7 Å². The number of aromatic nitrogens is 5. The number of H-pyrrole nitrogens is 1. The van der Waals surface area contributed by atoms with Gasteiger partial charge in [-0.25, -0.2) is 4.98 Å². The lowest BCUT2D eigenvalue weighted by atomic mass is 10.2. The summed E-state index contributed by atoms with van der Waals surface area (Å²) in [6.07, 6.45) is 7.74. The maximum Gasteiger partial charge on any atom is 0.287 e. The van der Waals surface area contributed by atoms with Gasteiger partial charge in [0.2, 0.25) is 5.91 Å². The number of nitrogens with one attached hydrogen (secondary N) is 1. The van der Waals surface area contributed by atoms with Crippen LogP contribution < -0.4 is 14.7 Å². The maximum absolute atomic E-state index is 12.8. The Labute approximate surface area is 208 Å². The topological polar surface area (TPSA) is 90.5 Å². The highest BCUT2D eigenvalue weighted by molar-refractivity contribution is 7.18. The first-order valence-electron chi connectivity index (χ1n) is 12.5. The van der Waals surface area contributed by atoms with Crippen LogP contribution in [0.2, 0.25) is 0 Å². The van der Waals surface area contributed by atoms with Crippen molar-refractivity contribution in [3.8, 4) is 0 Å². The zero-order chi connectivity index (χ0) is 24.0. The standard InChI is InChI=1S/C25H31N7O2S/c1-2-3-4-8-19-17-20-24(26-18-27-25(20)35-19)31-14-12-30(13-15-31)23(33)11-7-16-34-32-22-10-6-5-9-21(22)28-29-32/h5-6,9-10,17-18H,2-4,7-8,11-16H2,1H3/p+1. The third-order valence-corrected chi connectivity index (χ3v) is 7.56. The fraction of sp³-hybridized carbons (Fsp3) is 0.480. The van der Waals surface area contributed by atoms with E-state index < -0.39 is 0 Å². The number of unbranched alkanes of at least 4 members (excludes halogenated alkanes) is 2. The lowest BCUT2D eigenvalue weighted by Gasteiger charge is -2.34. The first kappa shape index (κ1) is 23.5. The molecule has 1 amide bonds. The molecule has 0 unspecified atom stereocenters. The zero-order valence-corrected chi connectivity index (χ0v) is 21.0. The highest BCUT2D eigenvalue weighted by atomic mass is 32.1. The molecular weight excluding hydrogens is 462 g/mol. The van der Waals surface area contributed by atoms with Gasteiger partial charge in [0.1, 0.15) is 23.0 Å². The van der Waals surface area contributed by atoms with Crippen molar-refractivity contribution in [1.29, 1.82) is 0 Å². The number of aryl methyl sites for hydroxylation is 1. The molecule has 3 aromatic heterocycles. The number of carbonyl (C=O) groups is 1. The summed E-state index contributed by atoms with van der Waals surface area (Å²) < 4.78 is 0. The van der Waals surface area contributed by atoms with E-state index in [1.54, 1.807) is 6.33 Å². The smallest absolute Gasteiger partial charge is 0.287 e. The average molecular weight is 495 g/mol. The minimum absolute atomic E-state index is 0.171. The zero-order valence-electron chi connectivity index (χ0n) is 20.2. The number of hydrogen-bond acceptors (Lipinski definition) is 7. The second kappa shape index (κ2) is 11.0. The van der Waals surface area contributed by atoms with Crippen LogP contribution in [0.5, 0.6) is 0 Å². The minimum atomic E-state index is 0.171. The van der Waals surface area contributed by atoms with Crippen LogP contribution in [-0.2, 0) is 11.2 Å². The number of carbonyl (C=O) groups excluding carboxylic acids is 1. The molecule has 0 bridgehead atoms. The fourth-order valence-electron chi connectivity index (χ4n) is 4.50. The summed E-state index contributed by atoms with van der Waals surface area (Å²) in [7, 11) is 0. The van der Waals surface area contributed by atoms with Crippen LogP contribution in [0.3, 0.4) is 0 Å². The van der Waals surface area contributed by atoms with E-state index in [1.807, 2.05) is 40.5 Å². The van der Waals surface area contributed by atoms with Gasteiger partial charge in [-0.2, -0.15) is 0 Å². The molecule has 0 spiro atoms. The van der Waals surface area contributed by atoms with Gasteiger partial charge in [-0.05, 0) is 47.7 Å². The van der Waals surface area contributed by atoms with Crippen molar-refractivity contribution in [2.45, 2.75) is 45.4 Å². The summed E-state index contributed by atoms with van der Waals surface area (Å²) in [4.78, 5) is 34.7. The molecule has 1 aliphatic rings. The van der Waals surface area contributed by atoms with Gasteiger partial charge >= 0.3 is 0 Å². The van der Waals surface area contributed by atoms with Crippen molar-refractivity contribution in [2.24, 2.45) is 0 Å². The van der Waals surface area contributed by atoms with Gasteiger partial charge in [0.05, 0.1) is 0 Å². The number of benzene rings is 1. The van der Waals surface area contributed by atoms with Gasteiger partial charge in [0, 0.05) is 37.5 Å². The lowest BCUT2D eigenvalue weighted by molar-refractivity contribution is -0.346. The summed E-state index contributed by atoms with van der Waals surface area (Å²) in [6.45, 7) is 5.66. The highest BCUT2D eigenvalue weighted by Crippen LogP contribution is 2.30. The first-order valence-corrected chi connectivity index (χ1v) is 13.3. The van der Waals surface area contributed by atoms with Crippen LogP contribution in [0, 0.1) is 0 Å². The predicted octanol–water partition coefficient (Wildman–Crippen LogP) is 3.15. The normalized spacial score (nSPS) is 14.2. The fourth-order valence-corrected chi connectivity index (χ4v) is 5.56. The molecular formula is C25H32N7O2S+.